The van der Waals surface area contributed by atoms with E-state index in [-0.39, 0.29) is 11.6 Å². The van der Waals surface area contributed by atoms with Gasteiger partial charge in [-0.2, -0.15) is 13.2 Å². The third-order valence-corrected chi connectivity index (χ3v) is 4.16. The van der Waals surface area contributed by atoms with Crippen LogP contribution in [0.4, 0.5) is 24.7 Å². The first kappa shape index (κ1) is 19.6. The molecule has 0 spiro atoms. The van der Waals surface area contributed by atoms with E-state index in [4.69, 9.17) is 0 Å². The molecule has 0 saturated heterocycles. The van der Waals surface area contributed by atoms with Crippen LogP contribution in [0, 0.1) is 0 Å². The number of halogens is 3. The Kier molecular flexibility index (Phi) is 5.48. The fourth-order valence-electron chi connectivity index (χ4n) is 2.69. The minimum absolute atomic E-state index is 0.00758. The van der Waals surface area contributed by atoms with Crippen molar-refractivity contribution in [3.8, 4) is 11.4 Å². The van der Waals surface area contributed by atoms with Gasteiger partial charge in [-0.3, -0.25) is 4.98 Å². The minimum Gasteiger partial charge on any atom is -0.378 e. The van der Waals surface area contributed by atoms with Gasteiger partial charge in [0.1, 0.15) is 5.82 Å². The second kappa shape index (κ2) is 7.84. The van der Waals surface area contributed by atoms with Crippen molar-refractivity contribution in [2.45, 2.75) is 12.7 Å². The number of rotatable bonds is 5. The largest absolute Gasteiger partial charge is 0.433 e. The first-order valence-electron chi connectivity index (χ1n) is 8.58. The highest BCUT2D eigenvalue weighted by Gasteiger charge is 2.34. The van der Waals surface area contributed by atoms with E-state index in [0.717, 1.165) is 17.3 Å². The molecule has 0 aliphatic heterocycles. The van der Waals surface area contributed by atoms with Crippen molar-refractivity contribution in [3.63, 3.8) is 0 Å². The maximum atomic E-state index is 13.4. The number of aromatic nitrogens is 3. The van der Waals surface area contributed by atoms with Crippen LogP contribution in [-0.2, 0) is 12.7 Å². The molecule has 2 heterocycles. The Bertz CT molecular complexity index is 942. The molecule has 0 fully saturated rings. The lowest BCUT2D eigenvalue weighted by molar-refractivity contribution is -0.141. The van der Waals surface area contributed by atoms with Crippen molar-refractivity contribution in [3.05, 3.63) is 66.1 Å². The minimum atomic E-state index is -4.57. The van der Waals surface area contributed by atoms with E-state index < -0.39 is 11.9 Å². The molecule has 0 aliphatic carbocycles. The van der Waals surface area contributed by atoms with E-state index in [9.17, 15) is 13.2 Å². The van der Waals surface area contributed by atoms with E-state index in [1.54, 1.807) is 30.3 Å². The summed E-state index contributed by atoms with van der Waals surface area (Å²) in [6, 6.07) is 12.0. The predicted octanol–water partition coefficient (Wildman–Crippen LogP) is 4.26. The van der Waals surface area contributed by atoms with Gasteiger partial charge in [-0.05, 0) is 29.8 Å². The quantitative estimate of drug-likeness (QED) is 0.655. The van der Waals surface area contributed by atoms with Crippen LogP contribution in [0.15, 0.2) is 54.9 Å². The van der Waals surface area contributed by atoms with Gasteiger partial charge in [0.15, 0.2) is 11.5 Å². The summed E-state index contributed by atoms with van der Waals surface area (Å²) in [5.41, 5.74) is 1.42. The Morgan fingerprint density at radius 3 is 2.39 bits per heavy atom. The molecule has 0 aliphatic rings. The van der Waals surface area contributed by atoms with Crippen molar-refractivity contribution in [1.82, 2.24) is 15.0 Å². The molecule has 28 heavy (non-hydrogen) atoms. The van der Waals surface area contributed by atoms with Gasteiger partial charge < -0.3 is 9.80 Å². The second-order valence-electron chi connectivity index (χ2n) is 6.59. The number of anilines is 2. The first-order valence-corrected chi connectivity index (χ1v) is 8.58. The summed E-state index contributed by atoms with van der Waals surface area (Å²) < 4.78 is 40.1. The maximum absolute atomic E-state index is 13.4. The molecule has 3 rings (SSSR count). The summed E-state index contributed by atoms with van der Waals surface area (Å²) in [6.45, 7) is 0.405. The van der Waals surface area contributed by atoms with Crippen LogP contribution in [-0.4, -0.2) is 36.1 Å². The van der Waals surface area contributed by atoms with E-state index in [2.05, 4.69) is 15.0 Å². The number of pyridine rings is 1. The molecule has 5 nitrogen and oxygen atoms in total. The summed E-state index contributed by atoms with van der Waals surface area (Å²) in [4.78, 5) is 15.6. The zero-order valence-corrected chi connectivity index (χ0v) is 15.8. The van der Waals surface area contributed by atoms with E-state index in [1.807, 2.05) is 43.3 Å². The fourth-order valence-corrected chi connectivity index (χ4v) is 2.69. The molecular weight excluding hydrogens is 367 g/mol. The summed E-state index contributed by atoms with van der Waals surface area (Å²) in [7, 11) is 5.57. The molecule has 146 valence electrons. The van der Waals surface area contributed by atoms with Gasteiger partial charge in [0, 0.05) is 57.4 Å². The zero-order valence-electron chi connectivity index (χ0n) is 15.8. The van der Waals surface area contributed by atoms with Crippen molar-refractivity contribution < 1.29 is 13.2 Å². The lowest BCUT2D eigenvalue weighted by atomic mass is 10.2. The van der Waals surface area contributed by atoms with Gasteiger partial charge in [0.2, 0.25) is 0 Å². The van der Waals surface area contributed by atoms with Crippen LogP contribution in [0.3, 0.4) is 0 Å². The standard InChI is InChI=1S/C20H20F3N5/c1-27(2)16-8-4-6-14(10-16)13-28(3)18-11-17(20(21,22)23)25-19(26-18)15-7-5-9-24-12-15/h4-12H,13H2,1-3H3. The van der Waals surface area contributed by atoms with Gasteiger partial charge in [-0.25, -0.2) is 9.97 Å². The Hall–Kier alpha value is -3.16. The molecule has 8 heteroatoms. The highest BCUT2D eigenvalue weighted by atomic mass is 19.4. The highest BCUT2D eigenvalue weighted by molar-refractivity contribution is 5.57. The topological polar surface area (TPSA) is 45.2 Å². The smallest absolute Gasteiger partial charge is 0.378 e. The van der Waals surface area contributed by atoms with E-state index in [1.165, 1.54) is 6.20 Å². The monoisotopic (exact) mass is 387 g/mol. The van der Waals surface area contributed by atoms with Crippen molar-refractivity contribution in [2.75, 3.05) is 30.9 Å². The van der Waals surface area contributed by atoms with Gasteiger partial charge >= 0.3 is 6.18 Å². The number of alkyl halides is 3. The molecule has 2 aromatic heterocycles. The molecule has 0 unspecified atom stereocenters. The van der Waals surface area contributed by atoms with Crippen LogP contribution in [0.25, 0.3) is 11.4 Å². The molecule has 0 atom stereocenters. The molecule has 3 aromatic rings. The van der Waals surface area contributed by atoms with Crippen LogP contribution in [0.1, 0.15) is 11.3 Å². The highest BCUT2D eigenvalue weighted by Crippen LogP contribution is 2.31. The predicted molar refractivity (Wildman–Crippen MR) is 103 cm³/mol. The summed E-state index contributed by atoms with van der Waals surface area (Å²) in [6.07, 6.45) is -1.58. The third-order valence-electron chi connectivity index (χ3n) is 4.16. The average molecular weight is 387 g/mol. The van der Waals surface area contributed by atoms with Crippen molar-refractivity contribution in [2.24, 2.45) is 0 Å². The van der Waals surface area contributed by atoms with E-state index >= 15 is 0 Å². The summed E-state index contributed by atoms with van der Waals surface area (Å²) in [5, 5.41) is 0. The van der Waals surface area contributed by atoms with Crippen LogP contribution in [0.2, 0.25) is 0 Å². The Labute approximate surface area is 161 Å². The second-order valence-corrected chi connectivity index (χ2v) is 6.59. The maximum Gasteiger partial charge on any atom is 0.433 e. The number of hydrogen-bond donors (Lipinski definition) is 0. The summed E-state index contributed by atoms with van der Waals surface area (Å²) >= 11 is 0. The first-order chi connectivity index (χ1) is 13.2. The number of nitrogens with zero attached hydrogens (tertiary/aromatic N) is 5. The van der Waals surface area contributed by atoms with Gasteiger partial charge in [0.25, 0.3) is 0 Å². The lowest BCUT2D eigenvalue weighted by Gasteiger charge is -2.21. The Balaban J connectivity index is 1.97. The van der Waals surface area contributed by atoms with E-state index in [0.29, 0.717) is 12.1 Å². The van der Waals surface area contributed by atoms with Gasteiger partial charge in [-0.1, -0.05) is 12.1 Å². The van der Waals surface area contributed by atoms with Crippen LogP contribution < -0.4 is 9.80 Å². The molecular formula is C20H20F3N5. The van der Waals surface area contributed by atoms with Crippen LogP contribution in [0.5, 0.6) is 0 Å². The van der Waals surface area contributed by atoms with Crippen LogP contribution >= 0.6 is 0 Å². The normalized spacial score (nSPS) is 11.4. The average Bonchev–Trinajstić information content (AvgIpc) is 2.68. The Morgan fingerprint density at radius 2 is 1.75 bits per heavy atom. The van der Waals surface area contributed by atoms with Gasteiger partial charge in [-0.15, -0.1) is 0 Å². The molecule has 0 N–H and O–H groups in total. The molecule has 0 amide bonds. The Morgan fingerprint density at radius 1 is 0.964 bits per heavy atom. The van der Waals surface area contributed by atoms with Crippen molar-refractivity contribution >= 4 is 11.5 Å². The zero-order chi connectivity index (χ0) is 20.3. The molecule has 0 saturated carbocycles. The number of benzene rings is 1. The summed E-state index contributed by atoms with van der Waals surface area (Å²) in [5.74, 6) is 0.184. The van der Waals surface area contributed by atoms with Crippen molar-refractivity contribution in [1.29, 1.82) is 0 Å². The lowest BCUT2D eigenvalue weighted by Crippen LogP contribution is -2.20. The van der Waals surface area contributed by atoms with Gasteiger partial charge in [0.05, 0.1) is 0 Å². The molecule has 0 radical (unpaired) electrons. The third kappa shape index (κ3) is 4.57. The fraction of sp³-hybridized carbons (Fsp3) is 0.250. The molecule has 1 aromatic carbocycles. The SMILES string of the molecule is CN(C)c1cccc(CN(C)c2cc(C(F)(F)F)nc(-c3cccnc3)n2)c1. The number of hydrogen-bond acceptors (Lipinski definition) is 5. The molecule has 0 bridgehead atoms.